The Hall–Kier alpha value is -1.04. The highest BCUT2D eigenvalue weighted by Gasteiger charge is 2.24. The van der Waals surface area contributed by atoms with E-state index >= 15 is 0 Å². The van der Waals surface area contributed by atoms with Gasteiger partial charge in [-0.1, -0.05) is 19.1 Å². The average molecular weight is 277 g/mol. The second-order valence-electron chi connectivity index (χ2n) is 5.89. The summed E-state index contributed by atoms with van der Waals surface area (Å²) in [5.41, 5.74) is 1.53. The van der Waals surface area contributed by atoms with Gasteiger partial charge in [-0.15, -0.1) is 0 Å². The Morgan fingerprint density at radius 1 is 1.35 bits per heavy atom. The maximum absolute atomic E-state index is 9.31. The fraction of sp³-hybridized carbons (Fsp3) is 0.600. The Kier molecular flexibility index (Phi) is 5.08. The molecule has 2 N–H and O–H groups in total. The Morgan fingerprint density at radius 3 is 2.70 bits per heavy atom. The van der Waals surface area contributed by atoms with E-state index < -0.39 is 7.12 Å². The molecule has 0 aliphatic carbocycles. The van der Waals surface area contributed by atoms with Crippen molar-refractivity contribution in [2.24, 2.45) is 5.92 Å². The van der Waals surface area contributed by atoms with Crippen LogP contribution in [-0.4, -0.2) is 41.8 Å². The molecule has 110 valence electrons. The molecule has 1 saturated heterocycles. The number of ether oxygens (including phenoxy) is 1. The smallest absolute Gasteiger partial charge is 0.488 e. The zero-order valence-electron chi connectivity index (χ0n) is 12.5. The van der Waals surface area contributed by atoms with Crippen LogP contribution in [0.15, 0.2) is 18.2 Å². The van der Waals surface area contributed by atoms with E-state index in [1.807, 2.05) is 6.07 Å². The number of piperidine rings is 1. The molecule has 1 aliphatic heterocycles. The van der Waals surface area contributed by atoms with Crippen LogP contribution in [-0.2, 0) is 6.54 Å². The first-order valence-corrected chi connectivity index (χ1v) is 7.28. The summed E-state index contributed by atoms with van der Waals surface area (Å²) in [6.07, 6.45) is 2.43. The molecule has 0 amide bonds. The van der Waals surface area contributed by atoms with Gasteiger partial charge in [-0.25, -0.2) is 0 Å². The van der Waals surface area contributed by atoms with Crippen LogP contribution in [0.3, 0.4) is 0 Å². The predicted octanol–water partition coefficient (Wildman–Crippen LogP) is 0.995. The third-order valence-corrected chi connectivity index (χ3v) is 4.25. The fourth-order valence-electron chi connectivity index (χ4n) is 2.99. The van der Waals surface area contributed by atoms with Gasteiger partial charge in [-0.3, -0.25) is 4.90 Å². The lowest BCUT2D eigenvalue weighted by atomic mass is 9.79. The third-order valence-electron chi connectivity index (χ3n) is 4.25. The molecular formula is C15H24BNO3. The molecule has 1 aliphatic rings. The average Bonchev–Trinajstić information content (AvgIpc) is 2.41. The second kappa shape index (κ2) is 6.61. The Labute approximate surface area is 121 Å². The van der Waals surface area contributed by atoms with Crippen LogP contribution in [0.2, 0.25) is 0 Å². The number of hydrogen-bond donors (Lipinski definition) is 2. The molecule has 4 nitrogen and oxygen atoms in total. The molecule has 0 radical (unpaired) electrons. The maximum atomic E-state index is 9.31. The highest BCUT2D eigenvalue weighted by Crippen LogP contribution is 2.26. The molecule has 1 heterocycles. The van der Waals surface area contributed by atoms with Crippen LogP contribution < -0.4 is 10.2 Å². The maximum Gasteiger partial charge on any atom is 0.488 e. The zero-order chi connectivity index (χ0) is 14.7. The number of rotatable bonds is 4. The van der Waals surface area contributed by atoms with Gasteiger partial charge in [0.1, 0.15) is 5.75 Å². The molecular weight excluding hydrogens is 253 g/mol. The van der Waals surface area contributed by atoms with Gasteiger partial charge in [0.15, 0.2) is 0 Å². The molecule has 0 saturated carbocycles. The highest BCUT2D eigenvalue weighted by atomic mass is 16.5. The lowest BCUT2D eigenvalue weighted by molar-refractivity contribution is 0.121. The van der Waals surface area contributed by atoms with Crippen molar-refractivity contribution in [2.45, 2.75) is 39.3 Å². The molecule has 1 aromatic rings. The zero-order valence-corrected chi connectivity index (χ0v) is 12.5. The van der Waals surface area contributed by atoms with Gasteiger partial charge in [0, 0.05) is 18.2 Å². The third kappa shape index (κ3) is 3.54. The summed E-state index contributed by atoms with van der Waals surface area (Å²) in [6.45, 7) is 6.43. The largest absolute Gasteiger partial charge is 0.496 e. The molecule has 20 heavy (non-hydrogen) atoms. The van der Waals surface area contributed by atoms with E-state index in [-0.39, 0.29) is 0 Å². The second-order valence-corrected chi connectivity index (χ2v) is 5.89. The van der Waals surface area contributed by atoms with Gasteiger partial charge in [0.25, 0.3) is 0 Å². The molecule has 0 spiro atoms. The molecule has 0 aromatic heterocycles. The van der Waals surface area contributed by atoms with E-state index in [1.165, 1.54) is 12.8 Å². The summed E-state index contributed by atoms with van der Waals surface area (Å²) >= 11 is 0. The minimum atomic E-state index is -1.43. The van der Waals surface area contributed by atoms with Gasteiger partial charge in [-0.05, 0) is 43.8 Å². The van der Waals surface area contributed by atoms with Crippen LogP contribution >= 0.6 is 0 Å². The van der Waals surface area contributed by atoms with Crippen molar-refractivity contribution in [3.05, 3.63) is 23.8 Å². The van der Waals surface area contributed by atoms with Crippen LogP contribution in [0.5, 0.6) is 5.75 Å². The Morgan fingerprint density at radius 2 is 2.10 bits per heavy atom. The quantitative estimate of drug-likeness (QED) is 0.806. The summed E-state index contributed by atoms with van der Waals surface area (Å²) in [7, 11) is 0.216. The van der Waals surface area contributed by atoms with Gasteiger partial charge in [0.2, 0.25) is 0 Å². The fourth-order valence-corrected chi connectivity index (χ4v) is 2.99. The first kappa shape index (κ1) is 15.4. The first-order valence-electron chi connectivity index (χ1n) is 7.28. The van der Waals surface area contributed by atoms with Gasteiger partial charge < -0.3 is 14.8 Å². The normalized spacial score (nSPS) is 23.6. The standard InChI is InChI=1S/C15H24BNO3/c1-11-6-7-17(12(2)8-11)10-13-9-14(16(18)19)4-5-15(13)20-3/h4-5,9,11-12,18-19H,6-8,10H2,1-3H3. The van der Waals surface area contributed by atoms with Crippen molar-refractivity contribution in [3.63, 3.8) is 0 Å². The van der Waals surface area contributed by atoms with E-state index in [4.69, 9.17) is 4.74 Å². The van der Waals surface area contributed by atoms with Crippen molar-refractivity contribution in [2.75, 3.05) is 13.7 Å². The van der Waals surface area contributed by atoms with Crippen molar-refractivity contribution in [3.8, 4) is 5.75 Å². The number of benzene rings is 1. The molecule has 1 fully saturated rings. The van der Waals surface area contributed by atoms with Gasteiger partial charge in [-0.2, -0.15) is 0 Å². The summed E-state index contributed by atoms with van der Waals surface area (Å²) in [6, 6.07) is 5.87. The van der Waals surface area contributed by atoms with Crippen LogP contribution in [0, 0.1) is 5.92 Å². The molecule has 0 bridgehead atoms. The van der Waals surface area contributed by atoms with Crippen LogP contribution in [0.4, 0.5) is 0 Å². The van der Waals surface area contributed by atoms with E-state index in [0.717, 1.165) is 30.3 Å². The summed E-state index contributed by atoms with van der Waals surface area (Å²) in [5, 5.41) is 18.6. The molecule has 2 atom stereocenters. The number of hydrogen-bond acceptors (Lipinski definition) is 4. The Bertz CT molecular complexity index is 453. The lowest BCUT2D eigenvalue weighted by Crippen LogP contribution is -2.40. The first-order chi connectivity index (χ1) is 9.51. The van der Waals surface area contributed by atoms with Crippen LogP contribution in [0.1, 0.15) is 32.3 Å². The van der Waals surface area contributed by atoms with Crippen molar-refractivity contribution >= 4 is 12.6 Å². The van der Waals surface area contributed by atoms with E-state index in [9.17, 15) is 10.0 Å². The minimum absolute atomic E-state index is 0.513. The summed E-state index contributed by atoms with van der Waals surface area (Å²) in [4.78, 5) is 2.44. The number of nitrogens with zero attached hydrogens (tertiary/aromatic N) is 1. The molecule has 5 heteroatoms. The summed E-state index contributed by atoms with van der Waals surface area (Å²) in [5.74, 6) is 1.59. The lowest BCUT2D eigenvalue weighted by Gasteiger charge is -2.36. The SMILES string of the molecule is COc1ccc(B(O)O)cc1CN1CCC(C)CC1C. The van der Waals surface area contributed by atoms with Crippen LogP contribution in [0.25, 0.3) is 0 Å². The van der Waals surface area contributed by atoms with E-state index in [0.29, 0.717) is 11.5 Å². The minimum Gasteiger partial charge on any atom is -0.496 e. The molecule has 2 unspecified atom stereocenters. The van der Waals surface area contributed by atoms with E-state index in [2.05, 4.69) is 18.7 Å². The topological polar surface area (TPSA) is 52.9 Å². The molecule has 2 rings (SSSR count). The van der Waals surface area contributed by atoms with Gasteiger partial charge >= 0.3 is 7.12 Å². The highest BCUT2D eigenvalue weighted by molar-refractivity contribution is 6.58. The van der Waals surface area contributed by atoms with E-state index in [1.54, 1.807) is 19.2 Å². The monoisotopic (exact) mass is 277 g/mol. The summed E-state index contributed by atoms with van der Waals surface area (Å²) < 4.78 is 5.39. The molecule has 1 aromatic carbocycles. The predicted molar refractivity (Wildman–Crippen MR) is 81.1 cm³/mol. The van der Waals surface area contributed by atoms with Crippen molar-refractivity contribution in [1.29, 1.82) is 0 Å². The number of likely N-dealkylation sites (tertiary alicyclic amines) is 1. The Balaban J connectivity index is 2.16. The van der Waals surface area contributed by atoms with Crippen molar-refractivity contribution < 1.29 is 14.8 Å². The van der Waals surface area contributed by atoms with Crippen molar-refractivity contribution in [1.82, 2.24) is 4.90 Å². The number of methoxy groups -OCH3 is 1. The van der Waals surface area contributed by atoms with Gasteiger partial charge in [0.05, 0.1) is 7.11 Å².